The maximum absolute atomic E-state index is 9.02. The van der Waals surface area contributed by atoms with Gasteiger partial charge in [0.15, 0.2) is 0 Å². The number of hydrogen-bond donors (Lipinski definition) is 1. The van der Waals surface area contributed by atoms with Crippen LogP contribution >= 0.6 is 0 Å². The van der Waals surface area contributed by atoms with Crippen molar-refractivity contribution in [2.45, 2.75) is 13.0 Å². The van der Waals surface area contributed by atoms with Crippen molar-refractivity contribution in [3.05, 3.63) is 65.7 Å². The lowest BCUT2D eigenvalue weighted by Gasteiger charge is -2.08. The molecule has 0 aliphatic rings. The second-order valence-electron chi connectivity index (χ2n) is 4.85. The van der Waals surface area contributed by atoms with E-state index in [9.17, 15) is 0 Å². The summed E-state index contributed by atoms with van der Waals surface area (Å²) in [6.45, 7) is -0.0360. The Morgan fingerprint density at radius 1 is 1.10 bits per heavy atom. The lowest BCUT2D eigenvalue weighted by molar-refractivity contribution is 0.280. The van der Waals surface area contributed by atoms with E-state index < -0.39 is 0 Å². The summed E-state index contributed by atoms with van der Waals surface area (Å²) < 4.78 is 5.30. The number of benzene rings is 2. The van der Waals surface area contributed by atoms with Crippen molar-refractivity contribution >= 4 is 10.8 Å². The van der Waals surface area contributed by atoms with E-state index in [1.807, 2.05) is 24.3 Å². The SMILES string of the molecule is COc1ccc2cccc(Cc3ncc(CO)cn3)c2c1. The van der Waals surface area contributed by atoms with Crippen molar-refractivity contribution in [3.63, 3.8) is 0 Å². The molecule has 0 amide bonds. The molecule has 0 aliphatic heterocycles. The Morgan fingerprint density at radius 3 is 2.62 bits per heavy atom. The van der Waals surface area contributed by atoms with Crippen LogP contribution in [0.2, 0.25) is 0 Å². The van der Waals surface area contributed by atoms with Crippen LogP contribution in [0.25, 0.3) is 10.8 Å². The largest absolute Gasteiger partial charge is 0.497 e. The summed E-state index contributed by atoms with van der Waals surface area (Å²) in [4.78, 5) is 8.58. The van der Waals surface area contributed by atoms with E-state index in [4.69, 9.17) is 9.84 Å². The molecule has 0 bridgehead atoms. The Bertz CT molecular complexity index is 754. The first-order valence-corrected chi connectivity index (χ1v) is 6.76. The minimum absolute atomic E-state index is 0.0360. The van der Waals surface area contributed by atoms with Crippen molar-refractivity contribution in [2.75, 3.05) is 7.11 Å². The van der Waals surface area contributed by atoms with Gasteiger partial charge in [-0.2, -0.15) is 0 Å². The normalized spacial score (nSPS) is 10.8. The van der Waals surface area contributed by atoms with Crippen molar-refractivity contribution in [2.24, 2.45) is 0 Å². The third-order valence-electron chi connectivity index (χ3n) is 3.47. The highest BCUT2D eigenvalue weighted by Gasteiger charge is 2.06. The molecule has 1 aromatic heterocycles. The van der Waals surface area contributed by atoms with E-state index in [-0.39, 0.29) is 6.61 Å². The molecule has 2 aromatic carbocycles. The molecule has 4 nitrogen and oxygen atoms in total. The van der Waals surface area contributed by atoms with E-state index >= 15 is 0 Å². The number of aliphatic hydroxyl groups is 1. The molecule has 0 spiro atoms. The first kappa shape index (κ1) is 13.5. The smallest absolute Gasteiger partial charge is 0.132 e. The van der Waals surface area contributed by atoms with Gasteiger partial charge in [0.25, 0.3) is 0 Å². The van der Waals surface area contributed by atoms with Crippen molar-refractivity contribution in [1.82, 2.24) is 9.97 Å². The number of nitrogens with zero attached hydrogens (tertiary/aromatic N) is 2. The molecule has 0 radical (unpaired) electrons. The summed E-state index contributed by atoms with van der Waals surface area (Å²) in [5.41, 5.74) is 1.88. The minimum atomic E-state index is -0.0360. The Balaban J connectivity index is 1.98. The summed E-state index contributed by atoms with van der Waals surface area (Å²) >= 11 is 0. The zero-order valence-corrected chi connectivity index (χ0v) is 11.8. The number of fused-ring (bicyclic) bond motifs is 1. The molecule has 0 saturated carbocycles. The molecule has 4 heteroatoms. The molecule has 0 atom stereocenters. The van der Waals surface area contributed by atoms with Crippen LogP contribution in [0.15, 0.2) is 48.8 Å². The van der Waals surface area contributed by atoms with Gasteiger partial charge in [-0.25, -0.2) is 9.97 Å². The predicted octanol–water partition coefficient (Wildman–Crippen LogP) is 2.72. The predicted molar refractivity (Wildman–Crippen MR) is 81.3 cm³/mol. The van der Waals surface area contributed by atoms with Gasteiger partial charge < -0.3 is 9.84 Å². The van der Waals surface area contributed by atoms with Gasteiger partial charge in [0.1, 0.15) is 11.6 Å². The number of aliphatic hydroxyl groups excluding tert-OH is 1. The topological polar surface area (TPSA) is 55.2 Å². The van der Waals surface area contributed by atoms with Gasteiger partial charge in [-0.3, -0.25) is 0 Å². The molecule has 3 aromatic rings. The first-order valence-electron chi connectivity index (χ1n) is 6.76. The van der Waals surface area contributed by atoms with Crippen LogP contribution in [0.1, 0.15) is 17.0 Å². The van der Waals surface area contributed by atoms with Crippen LogP contribution < -0.4 is 4.74 Å². The maximum atomic E-state index is 9.02. The second kappa shape index (κ2) is 5.89. The third-order valence-corrected chi connectivity index (χ3v) is 3.47. The fourth-order valence-corrected chi connectivity index (χ4v) is 2.32. The maximum Gasteiger partial charge on any atom is 0.132 e. The summed E-state index contributed by atoms with van der Waals surface area (Å²) in [5.74, 6) is 1.58. The summed E-state index contributed by atoms with van der Waals surface area (Å²) in [6, 6.07) is 12.2. The van der Waals surface area contributed by atoms with Crippen LogP contribution in [-0.2, 0) is 13.0 Å². The summed E-state index contributed by atoms with van der Waals surface area (Å²) in [7, 11) is 1.67. The number of methoxy groups -OCH3 is 1. The van der Waals surface area contributed by atoms with Gasteiger partial charge in [0, 0.05) is 24.4 Å². The first-order chi connectivity index (χ1) is 10.3. The third kappa shape index (κ3) is 2.85. The van der Waals surface area contributed by atoms with Gasteiger partial charge in [-0.15, -0.1) is 0 Å². The zero-order chi connectivity index (χ0) is 14.7. The number of hydrogen-bond acceptors (Lipinski definition) is 4. The average molecular weight is 280 g/mol. The van der Waals surface area contributed by atoms with Gasteiger partial charge in [0.05, 0.1) is 13.7 Å². The van der Waals surface area contributed by atoms with Gasteiger partial charge >= 0.3 is 0 Å². The molecule has 1 heterocycles. The minimum Gasteiger partial charge on any atom is -0.497 e. The van der Waals surface area contributed by atoms with E-state index in [0.717, 1.165) is 28.1 Å². The van der Waals surface area contributed by atoms with E-state index in [2.05, 4.69) is 22.1 Å². The quantitative estimate of drug-likeness (QED) is 0.798. The molecular weight excluding hydrogens is 264 g/mol. The lowest BCUT2D eigenvalue weighted by atomic mass is 10.0. The van der Waals surface area contributed by atoms with Crippen LogP contribution in [0.5, 0.6) is 5.75 Å². The molecule has 0 saturated heterocycles. The van der Waals surface area contributed by atoms with Crippen molar-refractivity contribution in [3.8, 4) is 5.75 Å². The summed E-state index contributed by atoms with van der Waals surface area (Å²) in [5, 5.41) is 11.3. The molecular formula is C17H16N2O2. The van der Waals surface area contributed by atoms with Crippen molar-refractivity contribution in [1.29, 1.82) is 0 Å². The molecule has 1 N–H and O–H groups in total. The zero-order valence-electron chi connectivity index (χ0n) is 11.8. The monoisotopic (exact) mass is 280 g/mol. The standard InChI is InChI=1S/C17H16N2O2/c1-21-15-6-5-13-3-2-4-14(16(13)8-15)7-17-18-9-12(11-20)10-19-17/h2-6,8-10,20H,7,11H2,1H3. The van der Waals surface area contributed by atoms with E-state index in [0.29, 0.717) is 6.42 Å². The highest BCUT2D eigenvalue weighted by atomic mass is 16.5. The molecule has 0 fully saturated rings. The van der Waals surface area contributed by atoms with Gasteiger partial charge in [-0.1, -0.05) is 24.3 Å². The van der Waals surface area contributed by atoms with E-state index in [1.165, 1.54) is 5.39 Å². The van der Waals surface area contributed by atoms with Gasteiger partial charge in [-0.05, 0) is 28.5 Å². The van der Waals surface area contributed by atoms with Crippen LogP contribution in [0, 0.1) is 0 Å². The lowest BCUT2D eigenvalue weighted by Crippen LogP contribution is -1.98. The van der Waals surface area contributed by atoms with Crippen LogP contribution in [-0.4, -0.2) is 22.2 Å². The number of rotatable bonds is 4. The Hall–Kier alpha value is -2.46. The van der Waals surface area contributed by atoms with Crippen LogP contribution in [0.3, 0.4) is 0 Å². The fourth-order valence-electron chi connectivity index (χ4n) is 2.32. The molecule has 0 aliphatic carbocycles. The molecule has 3 rings (SSSR count). The molecule has 0 unspecified atom stereocenters. The van der Waals surface area contributed by atoms with E-state index in [1.54, 1.807) is 19.5 Å². The Labute approximate surface area is 123 Å². The molecule has 106 valence electrons. The Morgan fingerprint density at radius 2 is 1.90 bits per heavy atom. The number of ether oxygens (including phenoxy) is 1. The Kier molecular flexibility index (Phi) is 3.79. The second-order valence-corrected chi connectivity index (χ2v) is 4.85. The molecule has 21 heavy (non-hydrogen) atoms. The number of aromatic nitrogens is 2. The van der Waals surface area contributed by atoms with Gasteiger partial charge in [0.2, 0.25) is 0 Å². The highest BCUT2D eigenvalue weighted by molar-refractivity contribution is 5.87. The van der Waals surface area contributed by atoms with Crippen LogP contribution in [0.4, 0.5) is 0 Å². The summed E-state index contributed by atoms with van der Waals surface area (Å²) in [6.07, 6.45) is 3.97. The average Bonchev–Trinajstić information content (AvgIpc) is 2.55. The van der Waals surface area contributed by atoms with Crippen molar-refractivity contribution < 1.29 is 9.84 Å². The fraction of sp³-hybridized carbons (Fsp3) is 0.176. The highest BCUT2D eigenvalue weighted by Crippen LogP contribution is 2.25.